The smallest absolute Gasteiger partial charge is 0.131 e. The van der Waals surface area contributed by atoms with E-state index < -0.39 is 0 Å². The molecule has 0 aliphatic carbocycles. The quantitative estimate of drug-likeness (QED) is 0.882. The fourth-order valence-corrected chi connectivity index (χ4v) is 1.84. The minimum absolute atomic E-state index is 0.565. The zero-order valence-corrected chi connectivity index (χ0v) is 10.3. The maximum absolute atomic E-state index is 5.89. The molecule has 2 N–H and O–H groups in total. The Morgan fingerprint density at radius 3 is 2.53 bits per heavy atom. The van der Waals surface area contributed by atoms with Crippen LogP contribution in [0.25, 0.3) is 10.9 Å². The van der Waals surface area contributed by atoms with E-state index in [1.165, 1.54) is 0 Å². The Kier molecular flexibility index (Phi) is 3.04. The number of aryl methyl sites for hydroxylation is 1. The van der Waals surface area contributed by atoms with Gasteiger partial charge in [-0.05, 0) is 18.1 Å². The summed E-state index contributed by atoms with van der Waals surface area (Å²) in [6.07, 6.45) is 0.851. The van der Waals surface area contributed by atoms with Gasteiger partial charge in [-0.15, -0.1) is 0 Å². The van der Waals surface area contributed by atoms with Gasteiger partial charge in [-0.2, -0.15) is 0 Å². The van der Waals surface area contributed by atoms with Gasteiger partial charge in [-0.25, -0.2) is 4.98 Å². The van der Waals surface area contributed by atoms with E-state index in [1.807, 2.05) is 18.2 Å². The van der Waals surface area contributed by atoms with Crippen LogP contribution in [-0.4, -0.2) is 19.2 Å². The minimum atomic E-state index is 0.565. The number of anilines is 1. The topological polar surface area (TPSA) is 57.4 Å². The molecule has 0 unspecified atom stereocenters. The third-order valence-electron chi connectivity index (χ3n) is 2.82. The van der Waals surface area contributed by atoms with Gasteiger partial charge in [0.2, 0.25) is 0 Å². The molecule has 0 saturated carbocycles. The van der Waals surface area contributed by atoms with Crippen molar-refractivity contribution < 1.29 is 9.47 Å². The number of pyridine rings is 1. The maximum Gasteiger partial charge on any atom is 0.131 e. The highest BCUT2D eigenvalue weighted by Gasteiger charge is 2.09. The van der Waals surface area contributed by atoms with E-state index in [-0.39, 0.29) is 0 Å². The van der Waals surface area contributed by atoms with E-state index in [9.17, 15) is 0 Å². The van der Waals surface area contributed by atoms with Gasteiger partial charge in [0, 0.05) is 17.5 Å². The van der Waals surface area contributed by atoms with E-state index in [0.717, 1.165) is 28.6 Å². The number of nitrogens with zero attached hydrogens (tertiary/aromatic N) is 1. The molecule has 0 aliphatic heterocycles. The first kappa shape index (κ1) is 11.5. The molecule has 0 aliphatic rings. The zero-order chi connectivity index (χ0) is 12.4. The number of methoxy groups -OCH3 is 2. The van der Waals surface area contributed by atoms with Crippen molar-refractivity contribution in [1.29, 1.82) is 0 Å². The molecule has 0 saturated heterocycles. The Bertz CT molecular complexity index is 553. The van der Waals surface area contributed by atoms with Gasteiger partial charge in [0.05, 0.1) is 19.7 Å². The summed E-state index contributed by atoms with van der Waals surface area (Å²) in [7, 11) is 3.25. The molecule has 90 valence electrons. The SMILES string of the molecule is CCc1cc2c(OC)cc(OC)cc2nc1N. The third kappa shape index (κ3) is 1.98. The molecule has 17 heavy (non-hydrogen) atoms. The number of ether oxygens (including phenoxy) is 2. The first-order chi connectivity index (χ1) is 8.19. The second-order valence-electron chi connectivity index (χ2n) is 3.78. The molecule has 0 fully saturated rings. The van der Waals surface area contributed by atoms with Gasteiger partial charge < -0.3 is 15.2 Å². The largest absolute Gasteiger partial charge is 0.497 e. The Hall–Kier alpha value is -1.97. The Morgan fingerprint density at radius 1 is 1.18 bits per heavy atom. The van der Waals surface area contributed by atoms with Gasteiger partial charge in [0.25, 0.3) is 0 Å². The normalized spacial score (nSPS) is 10.5. The average molecular weight is 232 g/mol. The number of rotatable bonds is 3. The van der Waals surface area contributed by atoms with Crippen LogP contribution >= 0.6 is 0 Å². The molecule has 2 aromatic rings. The minimum Gasteiger partial charge on any atom is -0.497 e. The summed E-state index contributed by atoms with van der Waals surface area (Å²) in [4.78, 5) is 4.38. The van der Waals surface area contributed by atoms with Crippen LogP contribution in [0.5, 0.6) is 11.5 Å². The lowest BCUT2D eigenvalue weighted by Gasteiger charge is -2.10. The van der Waals surface area contributed by atoms with Gasteiger partial charge in [0.1, 0.15) is 17.3 Å². The summed E-state index contributed by atoms with van der Waals surface area (Å²) in [5.41, 5.74) is 7.70. The second-order valence-corrected chi connectivity index (χ2v) is 3.78. The van der Waals surface area contributed by atoms with Crippen molar-refractivity contribution in [2.45, 2.75) is 13.3 Å². The summed E-state index contributed by atoms with van der Waals surface area (Å²) in [6, 6.07) is 5.73. The molecule has 0 bridgehead atoms. The van der Waals surface area contributed by atoms with Gasteiger partial charge in [-0.3, -0.25) is 0 Å². The van der Waals surface area contributed by atoms with E-state index in [0.29, 0.717) is 11.6 Å². The molecule has 2 rings (SSSR count). The molecule has 0 radical (unpaired) electrons. The van der Waals surface area contributed by atoms with Crippen LogP contribution in [0.2, 0.25) is 0 Å². The first-order valence-electron chi connectivity index (χ1n) is 5.50. The lowest BCUT2D eigenvalue weighted by Crippen LogP contribution is -1.98. The number of nitrogens with two attached hydrogens (primary N) is 1. The number of nitrogen functional groups attached to an aromatic ring is 1. The van der Waals surface area contributed by atoms with Crippen LogP contribution in [0, 0.1) is 0 Å². The van der Waals surface area contributed by atoms with E-state index in [2.05, 4.69) is 11.9 Å². The lowest BCUT2D eigenvalue weighted by molar-refractivity contribution is 0.398. The predicted octanol–water partition coefficient (Wildman–Crippen LogP) is 2.40. The number of fused-ring (bicyclic) bond motifs is 1. The van der Waals surface area contributed by atoms with E-state index in [4.69, 9.17) is 15.2 Å². The van der Waals surface area contributed by atoms with Crippen LogP contribution in [0.4, 0.5) is 5.82 Å². The van der Waals surface area contributed by atoms with Crippen molar-refractivity contribution in [2.75, 3.05) is 20.0 Å². The zero-order valence-electron chi connectivity index (χ0n) is 10.3. The van der Waals surface area contributed by atoms with Crippen molar-refractivity contribution in [3.05, 3.63) is 23.8 Å². The van der Waals surface area contributed by atoms with Crippen LogP contribution < -0.4 is 15.2 Å². The Morgan fingerprint density at radius 2 is 1.94 bits per heavy atom. The summed E-state index contributed by atoms with van der Waals surface area (Å²) in [6.45, 7) is 2.05. The van der Waals surface area contributed by atoms with Gasteiger partial charge in [-0.1, -0.05) is 6.92 Å². The highest BCUT2D eigenvalue weighted by Crippen LogP contribution is 2.32. The fourth-order valence-electron chi connectivity index (χ4n) is 1.84. The lowest BCUT2D eigenvalue weighted by atomic mass is 10.1. The Labute approximate surface area is 100 Å². The van der Waals surface area contributed by atoms with Crippen molar-refractivity contribution in [3.63, 3.8) is 0 Å². The predicted molar refractivity (Wildman–Crippen MR) is 68.6 cm³/mol. The van der Waals surface area contributed by atoms with Crippen molar-refractivity contribution in [2.24, 2.45) is 0 Å². The Balaban J connectivity index is 2.75. The van der Waals surface area contributed by atoms with Crippen LogP contribution in [0.3, 0.4) is 0 Å². The van der Waals surface area contributed by atoms with E-state index in [1.54, 1.807) is 14.2 Å². The monoisotopic (exact) mass is 232 g/mol. The van der Waals surface area contributed by atoms with E-state index >= 15 is 0 Å². The molecule has 1 aromatic carbocycles. The van der Waals surface area contributed by atoms with Crippen LogP contribution in [0.15, 0.2) is 18.2 Å². The highest BCUT2D eigenvalue weighted by atomic mass is 16.5. The molecule has 0 atom stereocenters. The average Bonchev–Trinajstić information content (AvgIpc) is 2.36. The summed E-state index contributed by atoms with van der Waals surface area (Å²) in [5.74, 6) is 2.03. The molecule has 0 spiro atoms. The molecular formula is C13H16N2O2. The maximum atomic E-state index is 5.89. The molecule has 0 amide bonds. The summed E-state index contributed by atoms with van der Waals surface area (Å²) < 4.78 is 10.5. The van der Waals surface area contributed by atoms with Crippen molar-refractivity contribution >= 4 is 16.7 Å². The number of benzene rings is 1. The molecule has 1 aromatic heterocycles. The van der Waals surface area contributed by atoms with Gasteiger partial charge >= 0.3 is 0 Å². The fraction of sp³-hybridized carbons (Fsp3) is 0.308. The molecule has 4 heteroatoms. The first-order valence-corrected chi connectivity index (χ1v) is 5.50. The summed E-state index contributed by atoms with van der Waals surface area (Å²) in [5, 5.41) is 0.958. The number of hydrogen-bond donors (Lipinski definition) is 1. The number of aromatic nitrogens is 1. The number of hydrogen-bond acceptors (Lipinski definition) is 4. The molecular weight excluding hydrogens is 216 g/mol. The second kappa shape index (κ2) is 4.49. The van der Waals surface area contributed by atoms with Crippen molar-refractivity contribution in [3.8, 4) is 11.5 Å². The van der Waals surface area contributed by atoms with Gasteiger partial charge in [0.15, 0.2) is 0 Å². The highest BCUT2D eigenvalue weighted by molar-refractivity contribution is 5.88. The standard InChI is InChI=1S/C13H16N2O2/c1-4-8-5-10-11(15-13(8)14)6-9(16-2)7-12(10)17-3/h5-7H,4H2,1-3H3,(H2,14,15). The van der Waals surface area contributed by atoms with Crippen LogP contribution in [-0.2, 0) is 6.42 Å². The molecule has 4 nitrogen and oxygen atoms in total. The van der Waals surface area contributed by atoms with Crippen molar-refractivity contribution in [1.82, 2.24) is 4.98 Å². The summed E-state index contributed by atoms with van der Waals surface area (Å²) >= 11 is 0. The molecule has 1 heterocycles. The van der Waals surface area contributed by atoms with Crippen LogP contribution in [0.1, 0.15) is 12.5 Å². The third-order valence-corrected chi connectivity index (χ3v) is 2.82.